The number of ether oxygens (including phenoxy) is 2. The van der Waals surface area contributed by atoms with Crippen LogP contribution in [-0.2, 0) is 11.2 Å². The van der Waals surface area contributed by atoms with E-state index in [0.29, 0.717) is 21.5 Å². The molecule has 0 saturated heterocycles. The maximum Gasteiger partial charge on any atom is 0.307 e. The van der Waals surface area contributed by atoms with Crippen LogP contribution in [0.4, 0.5) is 0 Å². The van der Waals surface area contributed by atoms with Gasteiger partial charge < -0.3 is 14.6 Å². The van der Waals surface area contributed by atoms with E-state index < -0.39 is 5.97 Å². The standard InChI is InChI=1S/C10H11BrO4/c1-14-7-4-3-6(5-8(12)13)10(15-2)9(7)11/h3-4H,5H2,1-2H3,(H,12,13). The number of benzene rings is 1. The molecule has 0 atom stereocenters. The van der Waals surface area contributed by atoms with Crippen molar-refractivity contribution in [1.29, 1.82) is 0 Å². The molecule has 0 spiro atoms. The van der Waals surface area contributed by atoms with Crippen LogP contribution in [0.15, 0.2) is 16.6 Å². The molecule has 1 aromatic carbocycles. The monoisotopic (exact) mass is 274 g/mol. The predicted molar refractivity (Wildman–Crippen MR) is 58.6 cm³/mol. The SMILES string of the molecule is COc1ccc(CC(=O)O)c(OC)c1Br. The molecule has 82 valence electrons. The van der Waals surface area contributed by atoms with Gasteiger partial charge in [-0.25, -0.2) is 0 Å². The molecule has 0 radical (unpaired) electrons. The molecule has 0 aliphatic heterocycles. The maximum atomic E-state index is 10.6. The number of hydrogen-bond acceptors (Lipinski definition) is 3. The fourth-order valence-corrected chi connectivity index (χ4v) is 1.97. The molecule has 0 saturated carbocycles. The third kappa shape index (κ3) is 2.62. The van der Waals surface area contributed by atoms with Crippen LogP contribution in [0, 0.1) is 0 Å². The summed E-state index contributed by atoms with van der Waals surface area (Å²) in [6, 6.07) is 3.38. The van der Waals surface area contributed by atoms with Crippen LogP contribution in [0.5, 0.6) is 11.5 Å². The Kier molecular flexibility index (Phi) is 3.96. The number of rotatable bonds is 4. The van der Waals surface area contributed by atoms with Gasteiger partial charge in [0.05, 0.1) is 20.6 Å². The number of carboxylic acids is 1. The number of hydrogen-bond donors (Lipinski definition) is 1. The summed E-state index contributed by atoms with van der Waals surface area (Å²) < 4.78 is 10.8. The zero-order valence-electron chi connectivity index (χ0n) is 8.41. The zero-order valence-corrected chi connectivity index (χ0v) is 10.00. The van der Waals surface area contributed by atoms with E-state index in [9.17, 15) is 4.79 Å². The van der Waals surface area contributed by atoms with Crippen molar-refractivity contribution in [2.75, 3.05) is 14.2 Å². The van der Waals surface area contributed by atoms with Crippen LogP contribution < -0.4 is 9.47 Å². The first-order valence-electron chi connectivity index (χ1n) is 4.21. The summed E-state index contributed by atoms with van der Waals surface area (Å²) in [6.07, 6.45) is -0.0776. The van der Waals surface area contributed by atoms with Gasteiger partial charge in [0.1, 0.15) is 16.0 Å². The lowest BCUT2D eigenvalue weighted by Crippen LogP contribution is -2.03. The number of carboxylic acid groups (broad SMARTS) is 1. The van der Waals surface area contributed by atoms with Gasteiger partial charge in [0, 0.05) is 5.56 Å². The number of carbonyl (C=O) groups is 1. The van der Waals surface area contributed by atoms with E-state index in [1.807, 2.05) is 0 Å². The Bertz CT molecular complexity index is 376. The molecule has 1 aromatic rings. The van der Waals surface area contributed by atoms with E-state index in [4.69, 9.17) is 14.6 Å². The fourth-order valence-electron chi connectivity index (χ4n) is 1.26. The Hall–Kier alpha value is -1.23. The minimum atomic E-state index is -0.898. The first kappa shape index (κ1) is 11.8. The number of methoxy groups -OCH3 is 2. The highest BCUT2D eigenvalue weighted by Gasteiger charge is 2.14. The average Bonchev–Trinajstić information content (AvgIpc) is 2.18. The van der Waals surface area contributed by atoms with Crippen molar-refractivity contribution >= 4 is 21.9 Å². The molecule has 0 amide bonds. The first-order chi connectivity index (χ1) is 7.10. The third-order valence-corrected chi connectivity index (χ3v) is 2.66. The summed E-state index contributed by atoms with van der Waals surface area (Å²) in [6.45, 7) is 0. The summed E-state index contributed by atoms with van der Waals surface area (Å²) >= 11 is 3.30. The highest BCUT2D eigenvalue weighted by Crippen LogP contribution is 2.37. The zero-order chi connectivity index (χ0) is 11.4. The molecule has 1 rings (SSSR count). The van der Waals surface area contributed by atoms with Gasteiger partial charge in [0.2, 0.25) is 0 Å². The van der Waals surface area contributed by atoms with E-state index in [1.54, 1.807) is 12.1 Å². The van der Waals surface area contributed by atoms with Crippen molar-refractivity contribution in [3.8, 4) is 11.5 Å². The Morgan fingerprint density at radius 1 is 1.40 bits per heavy atom. The molecule has 0 aliphatic rings. The van der Waals surface area contributed by atoms with Crippen LogP contribution in [-0.4, -0.2) is 25.3 Å². The van der Waals surface area contributed by atoms with E-state index >= 15 is 0 Å². The van der Waals surface area contributed by atoms with Gasteiger partial charge in [-0.05, 0) is 22.0 Å². The van der Waals surface area contributed by atoms with Gasteiger partial charge in [-0.1, -0.05) is 6.07 Å². The number of aliphatic carboxylic acids is 1. The van der Waals surface area contributed by atoms with Crippen LogP contribution in [0.3, 0.4) is 0 Å². The highest BCUT2D eigenvalue weighted by molar-refractivity contribution is 9.10. The summed E-state index contributed by atoms with van der Waals surface area (Å²) in [5.41, 5.74) is 0.609. The van der Waals surface area contributed by atoms with Gasteiger partial charge >= 0.3 is 5.97 Å². The van der Waals surface area contributed by atoms with Crippen LogP contribution >= 0.6 is 15.9 Å². The molecule has 0 fully saturated rings. The fraction of sp³-hybridized carbons (Fsp3) is 0.300. The first-order valence-corrected chi connectivity index (χ1v) is 5.00. The van der Waals surface area contributed by atoms with Crippen molar-refractivity contribution in [3.63, 3.8) is 0 Å². The van der Waals surface area contributed by atoms with Crippen molar-refractivity contribution in [2.24, 2.45) is 0 Å². The molecule has 0 bridgehead atoms. The second-order valence-corrected chi connectivity index (χ2v) is 3.64. The molecular formula is C10H11BrO4. The van der Waals surface area contributed by atoms with Crippen molar-refractivity contribution in [3.05, 3.63) is 22.2 Å². The van der Waals surface area contributed by atoms with Gasteiger partial charge in [0.15, 0.2) is 0 Å². The summed E-state index contributed by atoms with van der Waals surface area (Å²) in [7, 11) is 3.03. The molecule has 5 heteroatoms. The van der Waals surface area contributed by atoms with Gasteiger partial charge in [-0.3, -0.25) is 4.79 Å². The minimum absolute atomic E-state index is 0.0776. The lowest BCUT2D eigenvalue weighted by Gasteiger charge is -2.11. The van der Waals surface area contributed by atoms with E-state index in [2.05, 4.69) is 15.9 Å². The van der Waals surface area contributed by atoms with E-state index in [-0.39, 0.29) is 6.42 Å². The Morgan fingerprint density at radius 3 is 2.53 bits per heavy atom. The molecule has 0 aliphatic carbocycles. The van der Waals surface area contributed by atoms with Crippen LogP contribution in [0.2, 0.25) is 0 Å². The highest BCUT2D eigenvalue weighted by atomic mass is 79.9. The summed E-state index contributed by atoms with van der Waals surface area (Å²) in [5.74, 6) is 0.211. The Labute approximate surface area is 95.9 Å². The van der Waals surface area contributed by atoms with E-state index in [0.717, 1.165) is 0 Å². The minimum Gasteiger partial charge on any atom is -0.495 e. The molecular weight excluding hydrogens is 264 g/mol. The smallest absolute Gasteiger partial charge is 0.307 e. The van der Waals surface area contributed by atoms with Crippen LogP contribution in [0.25, 0.3) is 0 Å². The molecule has 0 heterocycles. The summed E-state index contributed by atoms with van der Waals surface area (Å²) in [4.78, 5) is 10.6. The molecule has 0 aromatic heterocycles. The normalized spacial score (nSPS) is 9.80. The maximum absolute atomic E-state index is 10.6. The average molecular weight is 275 g/mol. The van der Waals surface area contributed by atoms with Crippen molar-refractivity contribution in [1.82, 2.24) is 0 Å². The lowest BCUT2D eigenvalue weighted by molar-refractivity contribution is -0.136. The van der Waals surface area contributed by atoms with Gasteiger partial charge in [0.25, 0.3) is 0 Å². The van der Waals surface area contributed by atoms with Gasteiger partial charge in [-0.15, -0.1) is 0 Å². The topological polar surface area (TPSA) is 55.8 Å². The molecule has 0 unspecified atom stereocenters. The Balaban J connectivity index is 3.18. The lowest BCUT2D eigenvalue weighted by atomic mass is 10.1. The molecule has 15 heavy (non-hydrogen) atoms. The predicted octanol–water partition coefficient (Wildman–Crippen LogP) is 2.09. The number of halogens is 1. The van der Waals surface area contributed by atoms with Gasteiger partial charge in [-0.2, -0.15) is 0 Å². The van der Waals surface area contributed by atoms with Crippen molar-refractivity contribution < 1.29 is 19.4 Å². The van der Waals surface area contributed by atoms with E-state index in [1.165, 1.54) is 14.2 Å². The second-order valence-electron chi connectivity index (χ2n) is 2.84. The van der Waals surface area contributed by atoms with Crippen LogP contribution in [0.1, 0.15) is 5.56 Å². The van der Waals surface area contributed by atoms with Crippen molar-refractivity contribution in [2.45, 2.75) is 6.42 Å². The molecule has 1 N–H and O–H groups in total. The largest absolute Gasteiger partial charge is 0.495 e. The summed E-state index contributed by atoms with van der Waals surface area (Å²) in [5, 5.41) is 8.70. The molecule has 4 nitrogen and oxygen atoms in total. The second kappa shape index (κ2) is 5.02. The Morgan fingerprint density at radius 2 is 2.07 bits per heavy atom. The quantitative estimate of drug-likeness (QED) is 0.914. The third-order valence-electron chi connectivity index (χ3n) is 1.91.